The van der Waals surface area contributed by atoms with E-state index in [-0.39, 0.29) is 23.0 Å². The number of hydrogen-bond donors (Lipinski definition) is 3. The number of hydrogen-bond acceptors (Lipinski definition) is 4. The van der Waals surface area contributed by atoms with E-state index in [4.69, 9.17) is 0 Å². The molecule has 2 aliphatic rings. The molecule has 1 saturated carbocycles. The molecule has 3 N–H and O–H groups in total. The number of amides is 3. The second-order valence-electron chi connectivity index (χ2n) is 8.63. The second-order valence-corrected chi connectivity index (χ2v) is 8.63. The van der Waals surface area contributed by atoms with Gasteiger partial charge < -0.3 is 20.5 Å². The van der Waals surface area contributed by atoms with Crippen molar-refractivity contribution in [3.8, 4) is 0 Å². The molecule has 8 nitrogen and oxygen atoms in total. The van der Waals surface area contributed by atoms with E-state index in [0.717, 1.165) is 0 Å². The Morgan fingerprint density at radius 1 is 1.19 bits per heavy atom. The van der Waals surface area contributed by atoms with Crippen LogP contribution in [0, 0.1) is 32.0 Å². The first kappa shape index (κ1) is 21.7. The number of halogens is 1. The van der Waals surface area contributed by atoms with E-state index in [1.165, 1.54) is 22.8 Å². The topological polar surface area (TPSA) is 109 Å². The molecule has 168 valence electrons. The average molecular weight is 440 g/mol. The summed E-state index contributed by atoms with van der Waals surface area (Å²) in [6, 6.07) is 3.82. The molecule has 0 radical (unpaired) electrons. The number of nitrogens with zero attached hydrogens (tertiary/aromatic N) is 1. The summed E-state index contributed by atoms with van der Waals surface area (Å²) in [7, 11) is 1.62. The van der Waals surface area contributed by atoms with Crippen molar-refractivity contribution in [3.63, 3.8) is 0 Å². The summed E-state index contributed by atoms with van der Waals surface area (Å²) < 4.78 is 15.0. The van der Waals surface area contributed by atoms with Crippen LogP contribution >= 0.6 is 0 Å². The third-order valence-corrected chi connectivity index (χ3v) is 6.67. The maximum absolute atomic E-state index is 13.5. The summed E-state index contributed by atoms with van der Waals surface area (Å²) in [5.74, 6) is -2.48. The summed E-state index contributed by atoms with van der Waals surface area (Å²) in [6.45, 7) is 5.19. The van der Waals surface area contributed by atoms with E-state index in [2.05, 4.69) is 16.0 Å². The van der Waals surface area contributed by atoms with Gasteiger partial charge in [-0.15, -0.1) is 0 Å². The van der Waals surface area contributed by atoms with Crippen LogP contribution in [0.1, 0.15) is 50.5 Å². The highest BCUT2D eigenvalue weighted by atomic mass is 19.1. The first-order valence-corrected chi connectivity index (χ1v) is 10.4. The standard InChI is InChI=1S/C23H25FN4O4/c1-11-9-14(5-6-15(11)24)26-20(30)17-12(2)18(28(4)13(17)3)19(29)21(31)27-16-10-25-22(32)23(16)7-8-23/h5-6,9,16H,7-8,10H2,1-4H3,(H,25,32)(H,26,30)(H,27,31)/t16-/m0/s1. The van der Waals surface area contributed by atoms with Crippen LogP contribution in [0.25, 0.3) is 0 Å². The van der Waals surface area contributed by atoms with Crippen molar-refractivity contribution in [2.75, 3.05) is 11.9 Å². The van der Waals surface area contributed by atoms with Gasteiger partial charge in [-0.1, -0.05) is 0 Å². The van der Waals surface area contributed by atoms with Crippen LogP contribution in [-0.2, 0) is 16.6 Å². The van der Waals surface area contributed by atoms with Crippen LogP contribution in [0.4, 0.5) is 10.1 Å². The van der Waals surface area contributed by atoms with Crippen LogP contribution in [0.15, 0.2) is 18.2 Å². The summed E-state index contributed by atoms with van der Waals surface area (Å²) in [5, 5.41) is 8.17. The third-order valence-electron chi connectivity index (χ3n) is 6.67. The van der Waals surface area contributed by atoms with Gasteiger partial charge in [-0.3, -0.25) is 19.2 Å². The lowest BCUT2D eigenvalue weighted by atomic mass is 9.99. The van der Waals surface area contributed by atoms with Gasteiger partial charge in [0.15, 0.2) is 0 Å². The lowest BCUT2D eigenvalue weighted by molar-refractivity contribution is -0.124. The van der Waals surface area contributed by atoms with Gasteiger partial charge >= 0.3 is 0 Å². The Balaban J connectivity index is 1.56. The number of carbonyl (C=O) groups is 4. The zero-order chi connectivity index (χ0) is 23.4. The molecule has 2 aromatic rings. The summed E-state index contributed by atoms with van der Waals surface area (Å²) in [4.78, 5) is 50.7. The number of Topliss-reactive ketones (excluding diaryl/α,β-unsaturated/α-hetero) is 1. The monoisotopic (exact) mass is 440 g/mol. The van der Waals surface area contributed by atoms with Crippen LogP contribution in [0.5, 0.6) is 0 Å². The molecule has 1 aromatic heterocycles. The van der Waals surface area contributed by atoms with E-state index in [1.54, 1.807) is 27.8 Å². The molecular formula is C23H25FN4O4. The molecule has 1 spiro atoms. The Kier molecular flexibility index (Phi) is 5.15. The number of rotatable bonds is 5. The second kappa shape index (κ2) is 7.58. The molecule has 32 heavy (non-hydrogen) atoms. The zero-order valence-electron chi connectivity index (χ0n) is 18.4. The molecule has 9 heteroatoms. The van der Waals surface area contributed by atoms with Crippen molar-refractivity contribution in [2.45, 2.75) is 39.7 Å². The molecule has 3 amide bonds. The maximum atomic E-state index is 13.5. The highest BCUT2D eigenvalue weighted by molar-refractivity contribution is 6.43. The molecule has 1 aliphatic heterocycles. The van der Waals surface area contributed by atoms with E-state index in [1.807, 2.05) is 0 Å². The highest BCUT2D eigenvalue weighted by Crippen LogP contribution is 2.51. The minimum absolute atomic E-state index is 0.0869. The van der Waals surface area contributed by atoms with Crippen molar-refractivity contribution in [1.29, 1.82) is 0 Å². The van der Waals surface area contributed by atoms with Gasteiger partial charge in [-0.05, 0) is 62.9 Å². The van der Waals surface area contributed by atoms with Gasteiger partial charge in [-0.25, -0.2) is 4.39 Å². The highest BCUT2D eigenvalue weighted by Gasteiger charge is 2.59. The van der Waals surface area contributed by atoms with Crippen molar-refractivity contribution < 1.29 is 23.6 Å². The molecule has 1 saturated heterocycles. The van der Waals surface area contributed by atoms with Crippen molar-refractivity contribution >= 4 is 29.2 Å². The quantitative estimate of drug-likeness (QED) is 0.487. The molecule has 0 bridgehead atoms. The number of anilines is 1. The first-order chi connectivity index (χ1) is 15.1. The number of aryl methyl sites for hydroxylation is 1. The number of nitrogens with one attached hydrogen (secondary N) is 3. The lowest BCUT2D eigenvalue weighted by Crippen LogP contribution is -2.45. The van der Waals surface area contributed by atoms with Gasteiger partial charge in [0, 0.05) is 25.0 Å². The third kappa shape index (κ3) is 3.37. The number of aromatic nitrogens is 1. The fourth-order valence-corrected chi connectivity index (χ4v) is 4.51. The summed E-state index contributed by atoms with van der Waals surface area (Å²) >= 11 is 0. The Morgan fingerprint density at radius 2 is 1.88 bits per heavy atom. The number of carbonyl (C=O) groups excluding carboxylic acids is 4. The van der Waals surface area contributed by atoms with E-state index in [0.29, 0.717) is 41.9 Å². The molecule has 2 heterocycles. The first-order valence-electron chi connectivity index (χ1n) is 10.4. The normalized spacial score (nSPS) is 18.4. The maximum Gasteiger partial charge on any atom is 0.294 e. The van der Waals surface area contributed by atoms with Crippen molar-refractivity contribution in [3.05, 3.63) is 52.1 Å². The molecule has 2 fully saturated rings. The minimum Gasteiger partial charge on any atom is -0.353 e. The Labute approximate surface area is 184 Å². The van der Waals surface area contributed by atoms with E-state index < -0.39 is 29.1 Å². The van der Waals surface area contributed by atoms with Crippen LogP contribution < -0.4 is 16.0 Å². The predicted octanol–water partition coefficient (Wildman–Crippen LogP) is 1.92. The summed E-state index contributed by atoms with van der Waals surface area (Å²) in [6.07, 6.45) is 1.38. The minimum atomic E-state index is -0.803. The van der Waals surface area contributed by atoms with Gasteiger partial charge in [0.2, 0.25) is 5.91 Å². The van der Waals surface area contributed by atoms with Crippen LogP contribution in [0.2, 0.25) is 0 Å². The Hall–Kier alpha value is -3.49. The van der Waals surface area contributed by atoms with Gasteiger partial charge in [-0.2, -0.15) is 0 Å². The lowest BCUT2D eigenvalue weighted by Gasteiger charge is -2.17. The summed E-state index contributed by atoms with van der Waals surface area (Å²) in [5.41, 5.74) is 1.52. The fourth-order valence-electron chi connectivity index (χ4n) is 4.51. The molecule has 1 aliphatic carbocycles. The number of benzene rings is 1. The number of ketones is 1. The molecule has 4 rings (SSSR count). The smallest absolute Gasteiger partial charge is 0.294 e. The van der Waals surface area contributed by atoms with Crippen LogP contribution in [-0.4, -0.2) is 40.7 Å². The van der Waals surface area contributed by atoms with E-state index in [9.17, 15) is 23.6 Å². The fraction of sp³-hybridized carbons (Fsp3) is 0.391. The van der Waals surface area contributed by atoms with Gasteiger partial charge in [0.05, 0.1) is 22.7 Å². The average Bonchev–Trinajstić information content (AvgIpc) is 3.44. The molecule has 1 atom stereocenters. The largest absolute Gasteiger partial charge is 0.353 e. The van der Waals surface area contributed by atoms with Crippen molar-refractivity contribution in [2.24, 2.45) is 12.5 Å². The zero-order valence-corrected chi connectivity index (χ0v) is 18.4. The Morgan fingerprint density at radius 3 is 2.50 bits per heavy atom. The predicted molar refractivity (Wildman–Crippen MR) is 115 cm³/mol. The van der Waals surface area contributed by atoms with Crippen molar-refractivity contribution in [1.82, 2.24) is 15.2 Å². The molecular weight excluding hydrogens is 415 g/mol. The van der Waals surface area contributed by atoms with Gasteiger partial charge in [0.25, 0.3) is 17.6 Å². The van der Waals surface area contributed by atoms with E-state index >= 15 is 0 Å². The molecule has 0 unspecified atom stereocenters. The van der Waals surface area contributed by atoms with Gasteiger partial charge in [0.1, 0.15) is 5.82 Å². The molecule has 1 aromatic carbocycles. The SMILES string of the molecule is Cc1cc(NC(=O)c2c(C)c(C(=O)C(=O)N[C@H]3CNC(=O)C34CC4)n(C)c2C)ccc1F. The van der Waals surface area contributed by atoms with Crippen LogP contribution in [0.3, 0.4) is 0 Å². The Bertz CT molecular complexity index is 1180.